The molecule has 0 aliphatic carbocycles. The molecule has 0 radical (unpaired) electrons. The van der Waals surface area contributed by atoms with Crippen molar-refractivity contribution in [2.24, 2.45) is 0 Å². The predicted octanol–water partition coefficient (Wildman–Crippen LogP) is 2.43. The molecule has 0 bridgehead atoms. The van der Waals surface area contributed by atoms with Crippen LogP contribution in [-0.4, -0.2) is 51.4 Å². The Morgan fingerprint density at radius 1 is 1.00 bits per heavy atom. The lowest BCUT2D eigenvalue weighted by Crippen LogP contribution is -2.53. The number of nitrogens with zero attached hydrogens (tertiary/aromatic N) is 4. The number of amides is 1. The average Bonchev–Trinajstić information content (AvgIpc) is 3.43. The van der Waals surface area contributed by atoms with Crippen molar-refractivity contribution in [3.05, 3.63) is 53.6 Å². The molecule has 29 heavy (non-hydrogen) atoms. The molecular weight excluding hydrogens is 408 g/mol. The molecule has 7 nitrogen and oxygen atoms in total. The summed E-state index contributed by atoms with van der Waals surface area (Å²) in [5, 5.41) is 0. The summed E-state index contributed by atoms with van der Waals surface area (Å²) in [4.78, 5) is 15.2. The zero-order chi connectivity index (χ0) is 20.0. The van der Waals surface area contributed by atoms with Crippen LogP contribution >= 0.6 is 11.7 Å². The number of carbonyl (C=O) groups excluding carboxylic acids is 1. The highest BCUT2D eigenvalue weighted by Crippen LogP contribution is 2.32. The number of carbonyl (C=O) groups is 1. The Morgan fingerprint density at radius 2 is 1.76 bits per heavy atom. The first-order valence-electron chi connectivity index (χ1n) is 9.64. The first kappa shape index (κ1) is 18.7. The van der Waals surface area contributed by atoms with E-state index in [4.69, 9.17) is 0 Å². The molecule has 3 aromatic rings. The van der Waals surface area contributed by atoms with Gasteiger partial charge in [0.25, 0.3) is 0 Å². The van der Waals surface area contributed by atoms with Gasteiger partial charge in [-0.15, -0.1) is 0 Å². The van der Waals surface area contributed by atoms with Crippen LogP contribution in [0.4, 0.5) is 0 Å². The molecule has 3 heterocycles. The first-order valence-corrected chi connectivity index (χ1v) is 11.8. The van der Waals surface area contributed by atoms with Gasteiger partial charge in [-0.1, -0.05) is 30.3 Å². The van der Waals surface area contributed by atoms with Crippen LogP contribution in [0.25, 0.3) is 11.0 Å². The fourth-order valence-corrected chi connectivity index (χ4v) is 6.54. The van der Waals surface area contributed by atoms with Gasteiger partial charge >= 0.3 is 0 Å². The highest BCUT2D eigenvalue weighted by molar-refractivity contribution is 7.89. The third-order valence-electron chi connectivity index (χ3n) is 5.74. The van der Waals surface area contributed by atoms with Gasteiger partial charge in [0.15, 0.2) is 0 Å². The molecule has 9 heteroatoms. The van der Waals surface area contributed by atoms with Crippen LogP contribution in [0, 0.1) is 0 Å². The van der Waals surface area contributed by atoms with Crippen LogP contribution in [0.5, 0.6) is 0 Å². The van der Waals surface area contributed by atoms with Gasteiger partial charge in [0.05, 0.1) is 11.7 Å². The summed E-state index contributed by atoms with van der Waals surface area (Å²) in [5.74, 6) is -0.107. The van der Waals surface area contributed by atoms with Crippen LogP contribution in [0.1, 0.15) is 24.0 Å². The van der Waals surface area contributed by atoms with Gasteiger partial charge in [-0.05, 0) is 42.5 Å². The fourth-order valence-electron chi connectivity index (χ4n) is 4.23. The lowest BCUT2D eigenvalue weighted by molar-refractivity contribution is -0.134. The number of hydrogen-bond acceptors (Lipinski definition) is 6. The molecule has 0 N–H and O–H groups in total. The van der Waals surface area contributed by atoms with E-state index in [2.05, 4.69) is 8.75 Å². The lowest BCUT2D eigenvalue weighted by Gasteiger charge is -2.36. The monoisotopic (exact) mass is 428 g/mol. The second-order valence-electron chi connectivity index (χ2n) is 7.46. The van der Waals surface area contributed by atoms with Crippen molar-refractivity contribution in [2.45, 2.75) is 36.7 Å². The zero-order valence-corrected chi connectivity index (χ0v) is 17.3. The molecule has 1 fully saturated rings. The third kappa shape index (κ3) is 3.13. The summed E-state index contributed by atoms with van der Waals surface area (Å²) in [7, 11) is -3.93. The highest BCUT2D eigenvalue weighted by atomic mass is 32.2. The van der Waals surface area contributed by atoms with Crippen LogP contribution in [0.15, 0.2) is 47.4 Å². The van der Waals surface area contributed by atoms with Gasteiger partial charge in [0, 0.05) is 19.6 Å². The molecular formula is C20H20N4O3S2. The molecule has 2 aliphatic heterocycles. The summed E-state index contributed by atoms with van der Waals surface area (Å²) in [6.45, 7) is 1.56. The quantitative estimate of drug-likeness (QED) is 0.640. The number of benzene rings is 2. The van der Waals surface area contributed by atoms with Crippen molar-refractivity contribution < 1.29 is 13.2 Å². The second-order valence-corrected chi connectivity index (χ2v) is 9.85. The van der Waals surface area contributed by atoms with Gasteiger partial charge in [-0.3, -0.25) is 4.79 Å². The van der Waals surface area contributed by atoms with E-state index in [1.807, 2.05) is 24.3 Å². The molecule has 1 aromatic heterocycles. The largest absolute Gasteiger partial charge is 0.341 e. The summed E-state index contributed by atoms with van der Waals surface area (Å²) < 4.78 is 37.2. The lowest BCUT2D eigenvalue weighted by atomic mass is 9.95. The molecule has 0 spiro atoms. The molecule has 150 valence electrons. The van der Waals surface area contributed by atoms with E-state index in [0.717, 1.165) is 35.7 Å². The van der Waals surface area contributed by atoms with Crippen LogP contribution in [-0.2, 0) is 27.8 Å². The minimum absolute atomic E-state index is 0.107. The normalized spacial score (nSPS) is 20.1. The molecule has 0 saturated carbocycles. The molecule has 1 amide bonds. The van der Waals surface area contributed by atoms with Crippen LogP contribution in [0.2, 0.25) is 0 Å². The van der Waals surface area contributed by atoms with E-state index in [0.29, 0.717) is 30.5 Å². The second kappa shape index (κ2) is 7.16. The van der Waals surface area contributed by atoms with E-state index in [1.54, 1.807) is 23.1 Å². The number of likely N-dealkylation sites (tertiary alicyclic amines) is 1. The zero-order valence-electron chi connectivity index (χ0n) is 15.7. The standard InChI is InChI=1S/C20H20N4O3S2/c25-20(23-10-3-4-11-23)17-12-14-6-1-2-7-15(14)13-24(17)29(26,27)18-9-5-8-16-19(18)22-28-21-16/h1-2,5-9,17H,3-4,10-13H2. The third-order valence-corrected chi connectivity index (χ3v) is 8.17. The number of aromatic nitrogens is 2. The Bertz CT molecular complexity index is 1190. The van der Waals surface area contributed by atoms with Gasteiger partial charge in [-0.2, -0.15) is 13.1 Å². The molecule has 1 atom stereocenters. The minimum Gasteiger partial charge on any atom is -0.341 e. The molecule has 1 unspecified atom stereocenters. The Hall–Kier alpha value is -2.36. The Kier molecular flexibility index (Phi) is 4.60. The molecule has 1 saturated heterocycles. The fraction of sp³-hybridized carbons (Fsp3) is 0.350. The maximum atomic E-state index is 13.7. The van der Waals surface area contributed by atoms with E-state index in [1.165, 1.54) is 4.31 Å². The van der Waals surface area contributed by atoms with Gasteiger partial charge in [0.1, 0.15) is 22.0 Å². The van der Waals surface area contributed by atoms with E-state index >= 15 is 0 Å². The van der Waals surface area contributed by atoms with Crippen molar-refractivity contribution >= 4 is 38.7 Å². The predicted molar refractivity (Wildman–Crippen MR) is 110 cm³/mol. The van der Waals surface area contributed by atoms with Crippen LogP contribution in [0.3, 0.4) is 0 Å². The summed E-state index contributed by atoms with van der Waals surface area (Å²) >= 11 is 0.988. The van der Waals surface area contributed by atoms with E-state index < -0.39 is 16.1 Å². The minimum atomic E-state index is -3.93. The van der Waals surface area contributed by atoms with Crippen molar-refractivity contribution in [1.29, 1.82) is 0 Å². The number of sulfonamides is 1. The highest BCUT2D eigenvalue weighted by Gasteiger charge is 2.42. The summed E-state index contributed by atoms with van der Waals surface area (Å²) in [5.41, 5.74) is 2.88. The molecule has 2 aliphatic rings. The topological polar surface area (TPSA) is 83.5 Å². The van der Waals surface area contributed by atoms with Crippen molar-refractivity contribution in [3.63, 3.8) is 0 Å². The number of rotatable bonds is 3. The van der Waals surface area contributed by atoms with Crippen molar-refractivity contribution in [2.75, 3.05) is 13.1 Å². The van der Waals surface area contributed by atoms with Gasteiger partial charge in [0.2, 0.25) is 15.9 Å². The Balaban J connectivity index is 1.61. The van der Waals surface area contributed by atoms with Gasteiger partial charge in [-0.25, -0.2) is 8.42 Å². The van der Waals surface area contributed by atoms with E-state index in [9.17, 15) is 13.2 Å². The van der Waals surface area contributed by atoms with E-state index in [-0.39, 0.29) is 17.3 Å². The maximum Gasteiger partial charge on any atom is 0.246 e. The Morgan fingerprint density at radius 3 is 2.55 bits per heavy atom. The van der Waals surface area contributed by atoms with Crippen LogP contribution < -0.4 is 0 Å². The molecule has 5 rings (SSSR count). The maximum absolute atomic E-state index is 13.7. The summed E-state index contributed by atoms with van der Waals surface area (Å²) in [6.07, 6.45) is 2.31. The number of hydrogen-bond donors (Lipinski definition) is 0. The van der Waals surface area contributed by atoms with Crippen molar-refractivity contribution in [1.82, 2.24) is 18.0 Å². The molecule has 2 aromatic carbocycles. The summed E-state index contributed by atoms with van der Waals surface area (Å²) in [6, 6.07) is 12.0. The Labute approximate surface area is 173 Å². The average molecular weight is 429 g/mol. The smallest absolute Gasteiger partial charge is 0.246 e. The van der Waals surface area contributed by atoms with Gasteiger partial charge < -0.3 is 4.90 Å². The number of fused-ring (bicyclic) bond motifs is 2. The SMILES string of the molecule is O=C(C1Cc2ccccc2CN1S(=O)(=O)c1cccc2nsnc12)N1CCCC1. The van der Waals surface area contributed by atoms with Crippen molar-refractivity contribution in [3.8, 4) is 0 Å². The first-order chi connectivity index (χ1) is 14.1.